The highest BCUT2D eigenvalue weighted by molar-refractivity contribution is 7.48. The number of rotatable bonds is 2. The second kappa shape index (κ2) is 11.8. The molecule has 2 amide bonds. The van der Waals surface area contributed by atoms with Crippen LogP contribution in [0.15, 0.2) is 4.79 Å². The topological polar surface area (TPSA) is 224 Å². The Morgan fingerprint density at radius 2 is 1.54 bits per heavy atom. The lowest BCUT2D eigenvalue weighted by molar-refractivity contribution is -0.340. The van der Waals surface area contributed by atoms with E-state index < -0.39 is 103 Å². The largest absolute Gasteiger partial charge is 0.475 e. The van der Waals surface area contributed by atoms with Gasteiger partial charge in [-0.1, -0.05) is 0 Å². The minimum atomic E-state index is -4.22. The molecule has 258 valence electrons. The summed E-state index contributed by atoms with van der Waals surface area (Å²) in [5, 5.41) is 25.3. The maximum Gasteiger partial charge on any atom is 0.475 e. The molecule has 3 aliphatic heterocycles. The van der Waals surface area contributed by atoms with Crippen LogP contribution in [0.3, 0.4) is 0 Å². The highest BCUT2D eigenvalue weighted by Gasteiger charge is 2.64. The SMILES string of the molecule is COP1(=O)OC[C@H]2O[C@@H]3[C@@H](Cc4c(nc(NC(=O)OC(C)(C)C)n(C(=O)OC(C)(C)C)c4=O)N3C(=O)OC(C)(C)C)C(O)(O)[C@H]2O1. The van der Waals surface area contributed by atoms with Crippen molar-refractivity contribution >= 4 is 37.9 Å². The van der Waals surface area contributed by atoms with Crippen molar-refractivity contribution in [2.75, 3.05) is 23.9 Å². The molecule has 4 rings (SSSR count). The van der Waals surface area contributed by atoms with Crippen molar-refractivity contribution in [3.05, 3.63) is 15.9 Å². The van der Waals surface area contributed by atoms with Crippen LogP contribution in [-0.2, 0) is 43.5 Å². The van der Waals surface area contributed by atoms with Crippen LogP contribution in [0.5, 0.6) is 0 Å². The van der Waals surface area contributed by atoms with Crippen molar-refractivity contribution in [1.29, 1.82) is 0 Å². The molecule has 4 heterocycles. The summed E-state index contributed by atoms with van der Waals surface area (Å²) in [6.07, 6.45) is -8.61. The molecule has 3 N–H and O–H groups in total. The molecule has 0 aliphatic carbocycles. The first-order valence-electron chi connectivity index (χ1n) is 14.4. The molecule has 18 nitrogen and oxygen atoms in total. The fraction of sp³-hybridized carbons (Fsp3) is 0.741. The average molecular weight is 677 g/mol. The Morgan fingerprint density at radius 1 is 0.978 bits per heavy atom. The number of aromatic nitrogens is 2. The number of fused-ring (bicyclic) bond motifs is 3. The predicted octanol–water partition coefficient (Wildman–Crippen LogP) is 2.86. The van der Waals surface area contributed by atoms with Gasteiger partial charge in [0.05, 0.1) is 18.1 Å². The summed E-state index contributed by atoms with van der Waals surface area (Å²) < 4.78 is 50.8. The highest BCUT2D eigenvalue weighted by Crippen LogP contribution is 2.57. The van der Waals surface area contributed by atoms with Gasteiger partial charge >= 0.3 is 26.1 Å². The van der Waals surface area contributed by atoms with E-state index in [1.165, 1.54) is 0 Å². The van der Waals surface area contributed by atoms with Gasteiger partial charge in [-0.2, -0.15) is 9.55 Å². The number of nitrogens with one attached hydrogen (secondary N) is 1. The summed E-state index contributed by atoms with van der Waals surface area (Å²) in [6, 6.07) is 0. The normalized spacial score (nSPS) is 27.4. The van der Waals surface area contributed by atoms with Crippen molar-refractivity contribution < 1.29 is 61.7 Å². The molecule has 0 aromatic carbocycles. The monoisotopic (exact) mass is 676 g/mol. The fourth-order valence-corrected chi connectivity index (χ4v) is 6.10. The maximum absolute atomic E-state index is 14.1. The van der Waals surface area contributed by atoms with E-state index >= 15 is 0 Å². The molecule has 1 unspecified atom stereocenters. The van der Waals surface area contributed by atoms with E-state index in [0.29, 0.717) is 4.57 Å². The van der Waals surface area contributed by atoms with Crippen molar-refractivity contribution in [3.63, 3.8) is 0 Å². The van der Waals surface area contributed by atoms with Crippen LogP contribution in [0, 0.1) is 5.92 Å². The third-order valence-corrected chi connectivity index (χ3v) is 8.06. The minimum Gasteiger partial charge on any atom is -0.444 e. The first kappa shape index (κ1) is 35.7. The highest BCUT2D eigenvalue weighted by atomic mass is 31.2. The van der Waals surface area contributed by atoms with Gasteiger partial charge < -0.3 is 29.2 Å². The molecule has 46 heavy (non-hydrogen) atoms. The number of aliphatic hydroxyl groups is 2. The zero-order chi connectivity index (χ0) is 34.8. The Morgan fingerprint density at radius 3 is 2.09 bits per heavy atom. The maximum atomic E-state index is 14.1. The van der Waals surface area contributed by atoms with E-state index in [0.717, 1.165) is 12.0 Å². The number of carbonyl (C=O) groups is 3. The van der Waals surface area contributed by atoms with Crippen molar-refractivity contribution in [2.45, 2.75) is 110 Å². The molecule has 19 heteroatoms. The van der Waals surface area contributed by atoms with Gasteiger partial charge in [0.15, 0.2) is 18.1 Å². The standard InChI is InChI=1S/C27H41N4O14P/c1-24(2,3)42-21(33)29-20-28-17-13(18(32)31(20)23(35)44-26(7,8)9)11-14-19(30(17)22(34)43-25(4,5)6)41-15-12-40-46(38,39-10)45-16(15)27(14,36)37/h14-16,19,36-37H,11-12H2,1-10H3,(H,28,29,33)/t14-,15-,16+,19-,46?/m1/s1. The molecular weight excluding hydrogens is 635 g/mol. The van der Waals surface area contributed by atoms with Crippen LogP contribution in [0.4, 0.5) is 26.1 Å². The summed E-state index contributed by atoms with van der Waals surface area (Å²) >= 11 is 0. The van der Waals surface area contributed by atoms with Crippen LogP contribution in [0.25, 0.3) is 0 Å². The Labute approximate surface area is 264 Å². The second-order valence-electron chi connectivity index (χ2n) is 13.9. The van der Waals surface area contributed by atoms with E-state index in [9.17, 15) is 34.0 Å². The van der Waals surface area contributed by atoms with E-state index in [1.807, 2.05) is 0 Å². The third kappa shape index (κ3) is 7.38. The van der Waals surface area contributed by atoms with Gasteiger partial charge in [0.1, 0.15) is 22.9 Å². The van der Waals surface area contributed by atoms with E-state index in [-0.39, 0.29) is 5.56 Å². The van der Waals surface area contributed by atoms with Crippen LogP contribution in [0.2, 0.25) is 0 Å². The molecule has 0 spiro atoms. The lowest BCUT2D eigenvalue weighted by Crippen LogP contribution is -2.71. The number of amides is 2. The van der Waals surface area contributed by atoms with Gasteiger partial charge in [0.25, 0.3) is 5.56 Å². The molecule has 2 fully saturated rings. The molecule has 5 atom stereocenters. The smallest absolute Gasteiger partial charge is 0.444 e. The van der Waals surface area contributed by atoms with Crippen molar-refractivity contribution in [2.24, 2.45) is 5.92 Å². The van der Waals surface area contributed by atoms with E-state index in [1.54, 1.807) is 62.3 Å². The molecule has 1 aromatic rings. The van der Waals surface area contributed by atoms with Crippen LogP contribution in [-0.4, -0.2) is 92.8 Å². The van der Waals surface area contributed by atoms with Gasteiger partial charge in [-0.05, 0) is 68.7 Å². The number of anilines is 2. The van der Waals surface area contributed by atoms with Gasteiger partial charge in [-0.3, -0.25) is 23.7 Å². The Balaban J connectivity index is 1.93. The average Bonchev–Trinajstić information content (AvgIpc) is 2.85. The molecule has 0 bridgehead atoms. The molecule has 0 saturated carbocycles. The molecule has 1 aromatic heterocycles. The third-order valence-electron chi connectivity index (χ3n) is 6.66. The zero-order valence-corrected chi connectivity index (χ0v) is 28.2. The molecule has 0 radical (unpaired) electrons. The minimum absolute atomic E-state index is 0.371. The number of hydrogen-bond acceptors (Lipinski definition) is 15. The van der Waals surface area contributed by atoms with Crippen LogP contribution >= 0.6 is 7.82 Å². The Hall–Kier alpha value is -3.12. The molecular formula is C27H41N4O14P. The number of ether oxygens (including phenoxy) is 4. The fourth-order valence-electron chi connectivity index (χ4n) is 4.95. The molecule has 2 saturated heterocycles. The van der Waals surface area contributed by atoms with Crippen LogP contribution in [0.1, 0.15) is 67.9 Å². The zero-order valence-electron chi connectivity index (χ0n) is 27.3. The van der Waals surface area contributed by atoms with Gasteiger partial charge in [0, 0.05) is 7.11 Å². The number of nitrogens with zero attached hydrogens (tertiary/aromatic N) is 3. The predicted molar refractivity (Wildman–Crippen MR) is 157 cm³/mol. The summed E-state index contributed by atoms with van der Waals surface area (Å²) in [7, 11) is -3.18. The number of carbonyl (C=O) groups excluding carboxylic acids is 3. The van der Waals surface area contributed by atoms with Crippen molar-refractivity contribution in [3.8, 4) is 0 Å². The van der Waals surface area contributed by atoms with E-state index in [2.05, 4.69) is 10.3 Å². The Bertz CT molecular complexity index is 1510. The summed E-state index contributed by atoms with van der Waals surface area (Å²) in [6.45, 7) is 13.6. The summed E-state index contributed by atoms with van der Waals surface area (Å²) in [4.78, 5) is 59.2. The second-order valence-corrected chi connectivity index (χ2v) is 15.7. The van der Waals surface area contributed by atoms with Gasteiger partial charge in [0.2, 0.25) is 11.7 Å². The summed E-state index contributed by atoms with van der Waals surface area (Å²) in [5.74, 6) is -5.57. The Kier molecular flexibility index (Phi) is 9.20. The van der Waals surface area contributed by atoms with Crippen molar-refractivity contribution in [1.82, 2.24) is 9.55 Å². The number of phosphoric acid groups is 1. The van der Waals surface area contributed by atoms with Gasteiger partial charge in [-0.15, -0.1) is 0 Å². The molecule has 3 aliphatic rings. The summed E-state index contributed by atoms with van der Waals surface area (Å²) in [5.41, 5.74) is -4.67. The number of hydrogen-bond donors (Lipinski definition) is 3. The van der Waals surface area contributed by atoms with Crippen LogP contribution < -0.4 is 15.8 Å². The quantitative estimate of drug-likeness (QED) is 0.233. The first-order valence-corrected chi connectivity index (χ1v) is 15.8. The van der Waals surface area contributed by atoms with Gasteiger partial charge in [-0.25, -0.2) is 23.8 Å². The lowest BCUT2D eigenvalue weighted by Gasteiger charge is -2.54. The van der Waals surface area contributed by atoms with E-state index in [4.69, 9.17) is 32.5 Å². The lowest BCUT2D eigenvalue weighted by atomic mass is 9.79. The number of phosphoric ester groups is 1. The first-order chi connectivity index (χ1) is 20.9.